The van der Waals surface area contributed by atoms with Gasteiger partial charge in [-0.2, -0.15) is 0 Å². The molecule has 92 valence electrons. The van der Waals surface area contributed by atoms with Crippen LogP contribution in [0.25, 0.3) is 10.9 Å². The molecular formula is C14H15N3O. The molecule has 1 aromatic heterocycles. The minimum Gasteiger partial charge on any atom is -0.320 e. The predicted molar refractivity (Wildman–Crippen MR) is 71.3 cm³/mol. The maximum Gasteiger partial charge on any atom is 0.243 e. The fraction of sp³-hybridized carbons (Fsp3) is 0.286. The maximum atomic E-state index is 12.1. The summed E-state index contributed by atoms with van der Waals surface area (Å²) in [4.78, 5) is 18.3. The smallest absolute Gasteiger partial charge is 0.243 e. The van der Waals surface area contributed by atoms with Crippen molar-refractivity contribution in [1.82, 2.24) is 4.98 Å². The Morgan fingerprint density at radius 1 is 1.28 bits per heavy atom. The van der Waals surface area contributed by atoms with Gasteiger partial charge in [-0.3, -0.25) is 9.78 Å². The number of nitrogens with zero attached hydrogens (tertiary/aromatic N) is 2. The molecule has 1 amide bonds. The van der Waals surface area contributed by atoms with Gasteiger partial charge in [0.1, 0.15) is 0 Å². The molecule has 1 unspecified atom stereocenters. The number of carbonyl (C=O) groups is 1. The van der Waals surface area contributed by atoms with E-state index in [2.05, 4.69) is 4.98 Å². The lowest BCUT2D eigenvalue weighted by Crippen LogP contribution is -2.48. The number of carbonyl (C=O) groups excluding carboxylic acids is 1. The summed E-state index contributed by atoms with van der Waals surface area (Å²) in [7, 11) is 0. The minimum absolute atomic E-state index is 0.000553. The molecule has 4 nitrogen and oxygen atoms in total. The molecule has 2 heterocycles. The average Bonchev–Trinajstić information content (AvgIpc) is 2.41. The summed E-state index contributed by atoms with van der Waals surface area (Å²) in [6.45, 7) is 0.724. The van der Waals surface area contributed by atoms with Crippen molar-refractivity contribution in [2.75, 3.05) is 11.4 Å². The molecule has 0 spiro atoms. The summed E-state index contributed by atoms with van der Waals surface area (Å²) >= 11 is 0. The lowest BCUT2D eigenvalue weighted by Gasteiger charge is -2.30. The lowest BCUT2D eigenvalue weighted by molar-refractivity contribution is -0.120. The third-order valence-corrected chi connectivity index (χ3v) is 3.38. The average molecular weight is 241 g/mol. The quantitative estimate of drug-likeness (QED) is 0.826. The molecule has 1 aliphatic rings. The van der Waals surface area contributed by atoms with E-state index >= 15 is 0 Å². The van der Waals surface area contributed by atoms with Crippen molar-refractivity contribution in [3.8, 4) is 0 Å². The predicted octanol–water partition coefficient (Wildman–Crippen LogP) is 1.69. The summed E-state index contributed by atoms with van der Waals surface area (Å²) in [5, 5.41) is 1.04. The number of rotatable bonds is 1. The van der Waals surface area contributed by atoms with E-state index < -0.39 is 0 Å². The summed E-state index contributed by atoms with van der Waals surface area (Å²) < 4.78 is 0. The van der Waals surface area contributed by atoms with Crippen molar-refractivity contribution < 1.29 is 4.79 Å². The van der Waals surface area contributed by atoms with E-state index in [-0.39, 0.29) is 11.9 Å². The van der Waals surface area contributed by atoms with Gasteiger partial charge in [0.2, 0.25) is 5.91 Å². The first-order chi connectivity index (χ1) is 8.77. The molecule has 0 bridgehead atoms. The number of nitrogens with two attached hydrogens (primary N) is 1. The van der Waals surface area contributed by atoms with Gasteiger partial charge < -0.3 is 10.6 Å². The van der Waals surface area contributed by atoms with E-state index in [1.165, 1.54) is 0 Å². The summed E-state index contributed by atoms with van der Waals surface area (Å²) in [6, 6.07) is 9.41. The Bertz CT molecular complexity index is 591. The van der Waals surface area contributed by atoms with Gasteiger partial charge in [0.05, 0.1) is 17.2 Å². The Labute approximate surface area is 105 Å². The fourth-order valence-electron chi connectivity index (χ4n) is 2.45. The summed E-state index contributed by atoms with van der Waals surface area (Å²) in [6.07, 6.45) is 3.46. The van der Waals surface area contributed by atoms with Crippen LogP contribution >= 0.6 is 0 Å². The Hall–Kier alpha value is -1.94. The van der Waals surface area contributed by atoms with E-state index in [0.29, 0.717) is 0 Å². The van der Waals surface area contributed by atoms with Gasteiger partial charge in [0, 0.05) is 18.1 Å². The molecule has 1 aliphatic heterocycles. The van der Waals surface area contributed by atoms with Gasteiger partial charge in [-0.15, -0.1) is 0 Å². The van der Waals surface area contributed by atoms with Crippen LogP contribution < -0.4 is 10.6 Å². The van der Waals surface area contributed by atoms with Gasteiger partial charge in [0.25, 0.3) is 0 Å². The number of para-hydroxylation sites is 1. The zero-order chi connectivity index (χ0) is 12.5. The normalized spacial score (nSPS) is 20.4. The number of aromatic nitrogens is 1. The van der Waals surface area contributed by atoms with E-state index in [9.17, 15) is 4.79 Å². The van der Waals surface area contributed by atoms with Gasteiger partial charge in [-0.05, 0) is 25.0 Å². The molecule has 1 aromatic carbocycles. The van der Waals surface area contributed by atoms with Crippen LogP contribution in [0.1, 0.15) is 12.8 Å². The number of amides is 1. The van der Waals surface area contributed by atoms with Gasteiger partial charge >= 0.3 is 0 Å². The summed E-state index contributed by atoms with van der Waals surface area (Å²) in [5.41, 5.74) is 7.57. The van der Waals surface area contributed by atoms with Crippen molar-refractivity contribution in [3.63, 3.8) is 0 Å². The topological polar surface area (TPSA) is 59.2 Å². The van der Waals surface area contributed by atoms with Crippen LogP contribution in [0.2, 0.25) is 0 Å². The third kappa shape index (κ3) is 1.75. The molecule has 3 rings (SSSR count). The second-order valence-corrected chi connectivity index (χ2v) is 4.59. The first kappa shape index (κ1) is 11.2. The minimum atomic E-state index is -0.377. The second-order valence-electron chi connectivity index (χ2n) is 4.59. The largest absolute Gasteiger partial charge is 0.320 e. The molecular weight excluding hydrogens is 226 g/mol. The Balaban J connectivity index is 2.11. The number of hydrogen-bond acceptors (Lipinski definition) is 3. The molecule has 1 saturated heterocycles. The van der Waals surface area contributed by atoms with Crippen LogP contribution in [-0.4, -0.2) is 23.5 Å². The van der Waals surface area contributed by atoms with Crippen LogP contribution in [0.5, 0.6) is 0 Å². The Kier molecular flexibility index (Phi) is 2.72. The van der Waals surface area contributed by atoms with Crippen molar-refractivity contribution in [1.29, 1.82) is 0 Å². The molecule has 0 radical (unpaired) electrons. The summed E-state index contributed by atoms with van der Waals surface area (Å²) in [5.74, 6) is -0.000553. The van der Waals surface area contributed by atoms with E-state index in [0.717, 1.165) is 36.0 Å². The monoisotopic (exact) mass is 241 g/mol. The van der Waals surface area contributed by atoms with Crippen molar-refractivity contribution in [2.24, 2.45) is 5.73 Å². The zero-order valence-corrected chi connectivity index (χ0v) is 10.0. The van der Waals surface area contributed by atoms with Crippen molar-refractivity contribution >= 4 is 22.5 Å². The van der Waals surface area contributed by atoms with Crippen molar-refractivity contribution in [3.05, 3.63) is 36.5 Å². The highest BCUT2D eigenvalue weighted by molar-refractivity contribution is 6.04. The number of piperidine rings is 1. The van der Waals surface area contributed by atoms with E-state index in [4.69, 9.17) is 5.73 Å². The molecule has 18 heavy (non-hydrogen) atoms. The zero-order valence-electron chi connectivity index (χ0n) is 10.0. The molecule has 4 heteroatoms. The SMILES string of the molecule is NC1CCCN(c2cccc3cccnc23)C1=O. The highest BCUT2D eigenvalue weighted by atomic mass is 16.2. The van der Waals surface area contributed by atoms with Crippen LogP contribution in [0.3, 0.4) is 0 Å². The number of hydrogen-bond donors (Lipinski definition) is 1. The van der Waals surface area contributed by atoms with E-state index in [1.807, 2.05) is 30.3 Å². The fourth-order valence-corrected chi connectivity index (χ4v) is 2.45. The van der Waals surface area contributed by atoms with Gasteiger partial charge in [-0.25, -0.2) is 0 Å². The standard InChI is InChI=1S/C14H15N3O/c15-11-6-3-9-17(14(11)18)12-7-1-4-10-5-2-8-16-13(10)12/h1-2,4-5,7-8,11H,3,6,9,15H2. The molecule has 0 aliphatic carbocycles. The van der Waals surface area contributed by atoms with Crippen molar-refractivity contribution in [2.45, 2.75) is 18.9 Å². The second kappa shape index (κ2) is 4.38. The molecule has 1 atom stereocenters. The van der Waals surface area contributed by atoms with Gasteiger partial charge in [-0.1, -0.05) is 18.2 Å². The number of fused-ring (bicyclic) bond motifs is 1. The van der Waals surface area contributed by atoms with Crippen LogP contribution in [0.15, 0.2) is 36.5 Å². The molecule has 1 fully saturated rings. The lowest BCUT2D eigenvalue weighted by atomic mass is 10.0. The Morgan fingerprint density at radius 3 is 3.00 bits per heavy atom. The highest BCUT2D eigenvalue weighted by Crippen LogP contribution is 2.27. The Morgan fingerprint density at radius 2 is 2.11 bits per heavy atom. The highest BCUT2D eigenvalue weighted by Gasteiger charge is 2.27. The first-order valence-electron chi connectivity index (χ1n) is 6.18. The maximum absolute atomic E-state index is 12.1. The molecule has 2 N–H and O–H groups in total. The van der Waals surface area contributed by atoms with E-state index in [1.54, 1.807) is 11.1 Å². The first-order valence-corrected chi connectivity index (χ1v) is 6.18. The van der Waals surface area contributed by atoms with Crippen LogP contribution in [-0.2, 0) is 4.79 Å². The number of pyridine rings is 1. The number of anilines is 1. The number of benzene rings is 1. The third-order valence-electron chi connectivity index (χ3n) is 3.38. The molecule has 0 saturated carbocycles. The van der Waals surface area contributed by atoms with Crippen LogP contribution in [0, 0.1) is 0 Å². The molecule has 2 aromatic rings. The van der Waals surface area contributed by atoms with Crippen LogP contribution in [0.4, 0.5) is 5.69 Å². The van der Waals surface area contributed by atoms with Gasteiger partial charge in [0.15, 0.2) is 0 Å².